The third kappa shape index (κ3) is 4.38. The van der Waals surface area contributed by atoms with Crippen LogP contribution >= 0.6 is 0 Å². The Kier molecular flexibility index (Phi) is 5.61. The van der Waals surface area contributed by atoms with Gasteiger partial charge in [0, 0.05) is 13.6 Å². The Labute approximate surface area is 157 Å². The van der Waals surface area contributed by atoms with Gasteiger partial charge in [0.1, 0.15) is 6.33 Å². The van der Waals surface area contributed by atoms with Crippen molar-refractivity contribution in [2.45, 2.75) is 19.5 Å². The van der Waals surface area contributed by atoms with Gasteiger partial charge in [0.25, 0.3) is 0 Å². The van der Waals surface area contributed by atoms with Gasteiger partial charge in [-0.05, 0) is 18.1 Å². The van der Waals surface area contributed by atoms with E-state index in [-0.39, 0.29) is 23.4 Å². The molecule has 1 aromatic heterocycles. The van der Waals surface area contributed by atoms with Crippen molar-refractivity contribution in [2.24, 2.45) is 0 Å². The Balaban J connectivity index is 1.89. The Morgan fingerprint density at radius 1 is 1.07 bits per heavy atom. The molecule has 1 unspecified atom stereocenters. The molecule has 0 spiro atoms. The SMILES string of the molecule is CC(Nc1ncnc(N(C)Cc2ccccc2)c1[N+](=O)[O-])c1ccccc1. The summed E-state index contributed by atoms with van der Waals surface area (Å²) in [7, 11) is 1.78. The van der Waals surface area contributed by atoms with Crippen LogP contribution in [0, 0.1) is 10.1 Å². The lowest BCUT2D eigenvalue weighted by Crippen LogP contribution is -2.20. The maximum Gasteiger partial charge on any atom is 0.353 e. The van der Waals surface area contributed by atoms with Gasteiger partial charge in [0.2, 0.25) is 11.6 Å². The first-order valence-electron chi connectivity index (χ1n) is 8.62. The van der Waals surface area contributed by atoms with E-state index >= 15 is 0 Å². The van der Waals surface area contributed by atoms with Gasteiger partial charge >= 0.3 is 5.69 Å². The summed E-state index contributed by atoms with van der Waals surface area (Å²) in [6.45, 7) is 2.45. The van der Waals surface area contributed by atoms with Gasteiger partial charge in [-0.2, -0.15) is 0 Å². The molecule has 0 saturated heterocycles. The number of aromatic nitrogens is 2. The number of nitrogens with zero attached hydrogens (tertiary/aromatic N) is 4. The van der Waals surface area contributed by atoms with E-state index in [0.717, 1.165) is 11.1 Å². The molecule has 0 fully saturated rings. The van der Waals surface area contributed by atoms with E-state index in [1.165, 1.54) is 6.33 Å². The highest BCUT2D eigenvalue weighted by molar-refractivity contribution is 5.70. The fourth-order valence-corrected chi connectivity index (χ4v) is 2.88. The van der Waals surface area contributed by atoms with Crippen LogP contribution in [0.2, 0.25) is 0 Å². The van der Waals surface area contributed by atoms with Gasteiger partial charge in [0.05, 0.1) is 11.0 Å². The maximum atomic E-state index is 11.8. The molecule has 0 aliphatic heterocycles. The van der Waals surface area contributed by atoms with E-state index in [2.05, 4.69) is 15.3 Å². The summed E-state index contributed by atoms with van der Waals surface area (Å²) in [4.78, 5) is 21.4. The van der Waals surface area contributed by atoms with Crippen LogP contribution in [0.4, 0.5) is 17.3 Å². The molecule has 1 heterocycles. The van der Waals surface area contributed by atoms with Crippen molar-refractivity contribution in [2.75, 3.05) is 17.3 Å². The number of nitrogens with one attached hydrogen (secondary N) is 1. The minimum Gasteiger partial charge on any atom is -0.358 e. The van der Waals surface area contributed by atoms with Crippen LogP contribution in [0.3, 0.4) is 0 Å². The second-order valence-electron chi connectivity index (χ2n) is 6.27. The first-order chi connectivity index (χ1) is 13.1. The third-order valence-electron chi connectivity index (χ3n) is 4.26. The van der Waals surface area contributed by atoms with E-state index < -0.39 is 4.92 Å². The lowest BCUT2D eigenvalue weighted by Gasteiger charge is -2.20. The highest BCUT2D eigenvalue weighted by Gasteiger charge is 2.26. The second-order valence-corrected chi connectivity index (χ2v) is 6.27. The minimum absolute atomic E-state index is 0.126. The molecule has 7 heteroatoms. The normalized spacial score (nSPS) is 11.6. The van der Waals surface area contributed by atoms with Crippen LogP contribution in [-0.4, -0.2) is 21.9 Å². The zero-order chi connectivity index (χ0) is 19.2. The Bertz CT molecular complexity index is 903. The van der Waals surface area contributed by atoms with Crippen molar-refractivity contribution in [3.8, 4) is 0 Å². The highest BCUT2D eigenvalue weighted by Crippen LogP contribution is 2.33. The predicted molar refractivity (Wildman–Crippen MR) is 106 cm³/mol. The molecule has 2 aromatic carbocycles. The van der Waals surface area contributed by atoms with E-state index in [1.807, 2.05) is 67.6 Å². The van der Waals surface area contributed by atoms with Crippen molar-refractivity contribution in [3.63, 3.8) is 0 Å². The van der Waals surface area contributed by atoms with Crippen LogP contribution in [0.5, 0.6) is 0 Å². The molecule has 3 aromatic rings. The van der Waals surface area contributed by atoms with E-state index in [4.69, 9.17) is 0 Å². The number of rotatable bonds is 7. The van der Waals surface area contributed by atoms with Gasteiger partial charge in [-0.3, -0.25) is 10.1 Å². The van der Waals surface area contributed by atoms with E-state index in [0.29, 0.717) is 6.54 Å². The highest BCUT2D eigenvalue weighted by atomic mass is 16.6. The molecule has 1 atom stereocenters. The summed E-state index contributed by atoms with van der Waals surface area (Å²) in [6.07, 6.45) is 1.35. The molecule has 1 N–H and O–H groups in total. The fraction of sp³-hybridized carbons (Fsp3) is 0.200. The average Bonchev–Trinajstić information content (AvgIpc) is 2.69. The second kappa shape index (κ2) is 8.27. The van der Waals surface area contributed by atoms with Crippen LogP contribution in [0.15, 0.2) is 67.0 Å². The van der Waals surface area contributed by atoms with Crippen molar-refractivity contribution in [3.05, 3.63) is 88.2 Å². The molecule has 0 radical (unpaired) electrons. The number of anilines is 2. The molecule has 3 rings (SSSR count). The Hall–Kier alpha value is -3.48. The summed E-state index contributed by atoms with van der Waals surface area (Å²) in [6, 6.07) is 19.3. The zero-order valence-corrected chi connectivity index (χ0v) is 15.2. The largest absolute Gasteiger partial charge is 0.358 e. The molecular weight excluding hydrogens is 342 g/mol. The van der Waals surface area contributed by atoms with Gasteiger partial charge < -0.3 is 10.2 Å². The fourth-order valence-electron chi connectivity index (χ4n) is 2.88. The summed E-state index contributed by atoms with van der Waals surface area (Å²) in [5.41, 5.74) is 1.93. The lowest BCUT2D eigenvalue weighted by atomic mass is 10.1. The predicted octanol–water partition coefficient (Wildman–Crippen LogP) is 4.19. The Morgan fingerprint density at radius 2 is 1.70 bits per heavy atom. The van der Waals surface area contributed by atoms with Gasteiger partial charge in [-0.25, -0.2) is 9.97 Å². The third-order valence-corrected chi connectivity index (χ3v) is 4.26. The van der Waals surface area contributed by atoms with Crippen molar-refractivity contribution in [1.29, 1.82) is 0 Å². The van der Waals surface area contributed by atoms with Crippen LogP contribution in [0.1, 0.15) is 24.1 Å². The van der Waals surface area contributed by atoms with Crippen molar-refractivity contribution in [1.82, 2.24) is 9.97 Å². The van der Waals surface area contributed by atoms with Crippen molar-refractivity contribution >= 4 is 17.3 Å². The molecule has 27 heavy (non-hydrogen) atoms. The number of hydrogen-bond acceptors (Lipinski definition) is 6. The van der Waals surface area contributed by atoms with Gasteiger partial charge in [-0.1, -0.05) is 60.7 Å². The van der Waals surface area contributed by atoms with E-state index in [1.54, 1.807) is 11.9 Å². The van der Waals surface area contributed by atoms with Gasteiger partial charge in [-0.15, -0.1) is 0 Å². The number of nitro groups is 1. The topological polar surface area (TPSA) is 84.2 Å². The molecule has 0 aliphatic carbocycles. The van der Waals surface area contributed by atoms with E-state index in [9.17, 15) is 10.1 Å². The standard InChI is InChI=1S/C20H21N5O2/c1-15(17-11-7-4-8-12-17)23-19-18(25(26)27)20(22-14-21-19)24(2)13-16-9-5-3-6-10-16/h3-12,14-15H,13H2,1-2H3,(H,21,22,23). The maximum absolute atomic E-state index is 11.8. The summed E-state index contributed by atoms with van der Waals surface area (Å²) >= 11 is 0. The molecule has 0 amide bonds. The Morgan fingerprint density at radius 3 is 2.33 bits per heavy atom. The number of benzene rings is 2. The number of hydrogen-bond donors (Lipinski definition) is 1. The van der Waals surface area contributed by atoms with Crippen LogP contribution < -0.4 is 10.2 Å². The quantitative estimate of drug-likeness (QED) is 0.500. The first-order valence-corrected chi connectivity index (χ1v) is 8.62. The monoisotopic (exact) mass is 363 g/mol. The zero-order valence-electron chi connectivity index (χ0n) is 15.2. The molecule has 138 valence electrons. The first kappa shape index (κ1) is 18.3. The van der Waals surface area contributed by atoms with Crippen LogP contribution in [0.25, 0.3) is 0 Å². The average molecular weight is 363 g/mol. The van der Waals surface area contributed by atoms with Crippen molar-refractivity contribution < 1.29 is 4.92 Å². The summed E-state index contributed by atoms with van der Waals surface area (Å²) in [5, 5.41) is 14.9. The lowest BCUT2D eigenvalue weighted by molar-refractivity contribution is -0.383. The van der Waals surface area contributed by atoms with Gasteiger partial charge in [0.15, 0.2) is 0 Å². The smallest absolute Gasteiger partial charge is 0.353 e. The molecule has 0 saturated carbocycles. The van der Waals surface area contributed by atoms with Crippen LogP contribution in [-0.2, 0) is 6.54 Å². The summed E-state index contributed by atoms with van der Waals surface area (Å²) < 4.78 is 0. The molecular formula is C20H21N5O2. The molecule has 0 aliphatic rings. The molecule has 0 bridgehead atoms. The minimum atomic E-state index is -0.434. The summed E-state index contributed by atoms with van der Waals surface area (Å²) in [5.74, 6) is 0.489. The molecule has 7 nitrogen and oxygen atoms in total.